The first kappa shape index (κ1) is 18.0. The molecule has 12 heteroatoms. The van der Waals surface area contributed by atoms with E-state index in [4.69, 9.17) is 0 Å². The Kier molecular flexibility index (Phi) is 5.41. The number of halogens is 3. The molecule has 1 aromatic rings. The molecule has 0 saturated carbocycles. The number of carbonyl (C=O) groups excluding carboxylic acids is 2. The van der Waals surface area contributed by atoms with Crippen LogP contribution in [0.15, 0.2) is 34.5 Å². The highest BCUT2D eigenvalue weighted by Crippen LogP contribution is 2.22. The number of ether oxygens (including phenoxy) is 1. The predicted molar refractivity (Wildman–Crippen MR) is 80.7 cm³/mol. The van der Waals surface area contributed by atoms with Gasteiger partial charge in [0, 0.05) is 0 Å². The summed E-state index contributed by atoms with van der Waals surface area (Å²) >= 11 is 0. The lowest BCUT2D eigenvalue weighted by Crippen LogP contribution is -2.55. The molecule has 1 heterocycles. The molecular weight excluding hydrogens is 345 g/mol. The maximum atomic E-state index is 12.1. The molecule has 2 rings (SSSR count). The molecule has 0 saturated heterocycles. The van der Waals surface area contributed by atoms with Crippen molar-refractivity contribution in [3.63, 3.8) is 0 Å². The first-order valence-corrected chi connectivity index (χ1v) is 6.79. The number of benzene rings is 1. The fraction of sp³-hybridized carbons (Fsp3) is 0.231. The van der Waals surface area contributed by atoms with E-state index in [2.05, 4.69) is 31.2 Å². The smallest absolute Gasteiger partial charge is 0.406 e. The second-order valence-corrected chi connectivity index (χ2v) is 4.78. The third-order valence-corrected chi connectivity index (χ3v) is 2.68. The summed E-state index contributed by atoms with van der Waals surface area (Å²) in [5, 5.41) is 8.24. The molecule has 4 amide bonds. The first-order chi connectivity index (χ1) is 11.7. The van der Waals surface area contributed by atoms with Crippen LogP contribution in [0.25, 0.3) is 0 Å². The van der Waals surface area contributed by atoms with Crippen molar-refractivity contribution in [2.75, 3.05) is 6.54 Å². The van der Waals surface area contributed by atoms with Gasteiger partial charge in [0.05, 0.1) is 18.5 Å². The highest BCUT2D eigenvalue weighted by Gasteiger charge is 2.31. The number of hydrazine groups is 1. The molecule has 3 N–H and O–H groups in total. The Bertz CT molecular complexity index is 719. The number of hydrogen-bond acceptors (Lipinski definition) is 5. The fourth-order valence-electron chi connectivity index (χ4n) is 1.73. The minimum absolute atomic E-state index is 0.0970. The summed E-state index contributed by atoms with van der Waals surface area (Å²) in [4.78, 5) is 23.1. The Hall–Kier alpha value is -3.31. The van der Waals surface area contributed by atoms with Gasteiger partial charge in [-0.3, -0.25) is 0 Å². The van der Waals surface area contributed by atoms with E-state index >= 15 is 0 Å². The molecule has 0 radical (unpaired) electrons. The van der Waals surface area contributed by atoms with Crippen LogP contribution in [0, 0.1) is 0 Å². The zero-order chi connectivity index (χ0) is 18.4. The summed E-state index contributed by atoms with van der Waals surface area (Å²) in [7, 11) is 0. The molecule has 0 spiro atoms. The normalized spacial score (nSPS) is 14.8. The van der Waals surface area contributed by atoms with E-state index in [1.165, 1.54) is 12.1 Å². The molecule has 0 aliphatic carbocycles. The molecule has 134 valence electrons. The number of amides is 4. The maximum absolute atomic E-state index is 12.1. The van der Waals surface area contributed by atoms with Crippen molar-refractivity contribution in [2.45, 2.75) is 13.3 Å². The van der Waals surface area contributed by atoms with Crippen molar-refractivity contribution in [3.05, 3.63) is 29.8 Å². The molecule has 0 bridgehead atoms. The van der Waals surface area contributed by atoms with E-state index in [0.29, 0.717) is 5.71 Å². The van der Waals surface area contributed by atoms with Crippen LogP contribution in [0.5, 0.6) is 5.75 Å². The van der Waals surface area contributed by atoms with Crippen LogP contribution in [0.4, 0.5) is 22.8 Å². The van der Waals surface area contributed by atoms with Crippen molar-refractivity contribution < 1.29 is 27.5 Å². The van der Waals surface area contributed by atoms with E-state index in [0.717, 1.165) is 23.4 Å². The molecule has 0 aromatic heterocycles. The molecule has 25 heavy (non-hydrogen) atoms. The van der Waals surface area contributed by atoms with Gasteiger partial charge in [-0.05, 0) is 24.6 Å². The van der Waals surface area contributed by atoms with Gasteiger partial charge in [-0.2, -0.15) is 10.2 Å². The summed E-state index contributed by atoms with van der Waals surface area (Å²) in [6.45, 7) is 1.75. The number of hydrazone groups is 2. The molecule has 1 aliphatic heterocycles. The lowest BCUT2D eigenvalue weighted by molar-refractivity contribution is -0.274. The van der Waals surface area contributed by atoms with E-state index in [1.54, 1.807) is 6.92 Å². The van der Waals surface area contributed by atoms with E-state index in [9.17, 15) is 22.8 Å². The number of urea groups is 2. The topological polar surface area (TPSA) is 107 Å². The van der Waals surface area contributed by atoms with Crippen LogP contribution in [-0.2, 0) is 0 Å². The standard InChI is InChI=1S/C13H13F3N6O3/c1-8-7-22(12(24)20-18-8)21-11(23)19-17-6-9-3-2-4-10(5-9)25-13(14,15)16/h2-6H,7H2,1H3,(H,20,24)(H2,19,21,23)/b17-6+. The quantitative estimate of drug-likeness (QED) is 0.561. The number of hydrogen-bond donors (Lipinski definition) is 3. The molecule has 0 atom stereocenters. The molecule has 0 unspecified atom stereocenters. The molecule has 1 aliphatic rings. The van der Waals surface area contributed by atoms with Gasteiger partial charge in [0.1, 0.15) is 5.75 Å². The van der Waals surface area contributed by atoms with Crippen LogP contribution in [0.1, 0.15) is 12.5 Å². The predicted octanol–water partition coefficient (Wildman–Crippen LogP) is 1.53. The molecule has 9 nitrogen and oxygen atoms in total. The van der Waals surface area contributed by atoms with Crippen molar-refractivity contribution in [3.8, 4) is 5.75 Å². The second kappa shape index (κ2) is 7.51. The monoisotopic (exact) mass is 358 g/mol. The highest BCUT2D eigenvalue weighted by molar-refractivity contribution is 5.92. The number of rotatable bonds is 4. The molecule has 0 fully saturated rings. The molecule has 1 aromatic carbocycles. The minimum atomic E-state index is -4.80. The van der Waals surface area contributed by atoms with E-state index in [1.807, 2.05) is 0 Å². The largest absolute Gasteiger partial charge is 0.573 e. The Morgan fingerprint density at radius 3 is 2.96 bits per heavy atom. The van der Waals surface area contributed by atoms with Crippen LogP contribution < -0.4 is 21.0 Å². The van der Waals surface area contributed by atoms with Gasteiger partial charge in [-0.25, -0.2) is 30.9 Å². The number of alkyl halides is 3. The van der Waals surface area contributed by atoms with Gasteiger partial charge in [0.15, 0.2) is 0 Å². The third kappa shape index (κ3) is 6.01. The van der Waals surface area contributed by atoms with Crippen LogP contribution in [0.2, 0.25) is 0 Å². The second-order valence-electron chi connectivity index (χ2n) is 4.78. The lowest BCUT2D eigenvalue weighted by atomic mass is 10.2. The van der Waals surface area contributed by atoms with Gasteiger partial charge >= 0.3 is 18.4 Å². The van der Waals surface area contributed by atoms with E-state index < -0.39 is 24.2 Å². The lowest BCUT2D eigenvalue weighted by Gasteiger charge is -2.25. The zero-order valence-corrected chi connectivity index (χ0v) is 12.8. The number of nitrogens with zero attached hydrogens (tertiary/aromatic N) is 3. The summed E-state index contributed by atoms with van der Waals surface area (Å²) in [5.74, 6) is -0.416. The summed E-state index contributed by atoms with van der Waals surface area (Å²) < 4.78 is 40.2. The van der Waals surface area contributed by atoms with Crippen molar-refractivity contribution in [1.29, 1.82) is 0 Å². The third-order valence-electron chi connectivity index (χ3n) is 2.68. The number of carbonyl (C=O) groups is 2. The SMILES string of the molecule is CC1=NNC(=O)N(NC(=O)N/N=C/c2cccc(OC(F)(F)F)c2)C1. The Labute approximate surface area is 139 Å². The van der Waals surface area contributed by atoms with Gasteiger partial charge in [0.25, 0.3) is 0 Å². The van der Waals surface area contributed by atoms with E-state index in [-0.39, 0.29) is 12.1 Å². The zero-order valence-electron chi connectivity index (χ0n) is 12.8. The van der Waals surface area contributed by atoms with Gasteiger partial charge in [0.2, 0.25) is 0 Å². The Balaban J connectivity index is 1.88. The van der Waals surface area contributed by atoms with Crippen molar-refractivity contribution in [1.82, 2.24) is 21.3 Å². The van der Waals surface area contributed by atoms with Crippen LogP contribution >= 0.6 is 0 Å². The molecular formula is C13H13F3N6O3. The Morgan fingerprint density at radius 1 is 1.48 bits per heavy atom. The minimum Gasteiger partial charge on any atom is -0.406 e. The average Bonchev–Trinajstić information content (AvgIpc) is 2.49. The number of nitrogens with one attached hydrogen (secondary N) is 3. The van der Waals surface area contributed by atoms with Gasteiger partial charge < -0.3 is 4.74 Å². The summed E-state index contributed by atoms with van der Waals surface area (Å²) in [5.41, 5.74) is 7.33. The average molecular weight is 358 g/mol. The van der Waals surface area contributed by atoms with Crippen LogP contribution in [0.3, 0.4) is 0 Å². The Morgan fingerprint density at radius 2 is 2.24 bits per heavy atom. The maximum Gasteiger partial charge on any atom is 0.573 e. The fourth-order valence-corrected chi connectivity index (χ4v) is 1.73. The van der Waals surface area contributed by atoms with Crippen molar-refractivity contribution in [2.24, 2.45) is 10.2 Å². The van der Waals surface area contributed by atoms with Gasteiger partial charge in [-0.1, -0.05) is 12.1 Å². The van der Waals surface area contributed by atoms with Gasteiger partial charge in [-0.15, -0.1) is 13.2 Å². The summed E-state index contributed by atoms with van der Waals surface area (Å²) in [6.07, 6.45) is -3.68. The van der Waals surface area contributed by atoms with Crippen LogP contribution in [-0.4, -0.2) is 41.9 Å². The first-order valence-electron chi connectivity index (χ1n) is 6.79. The summed E-state index contributed by atoms with van der Waals surface area (Å²) in [6, 6.07) is 3.58. The van der Waals surface area contributed by atoms with Crippen molar-refractivity contribution >= 4 is 24.0 Å². The highest BCUT2D eigenvalue weighted by atomic mass is 19.4.